The van der Waals surface area contributed by atoms with Crippen LogP contribution in [0.4, 0.5) is 11.4 Å². The van der Waals surface area contributed by atoms with Crippen LogP contribution in [-0.2, 0) is 10.0 Å². The van der Waals surface area contributed by atoms with E-state index in [0.29, 0.717) is 11.4 Å². The van der Waals surface area contributed by atoms with E-state index in [-0.39, 0.29) is 32.1 Å². The van der Waals surface area contributed by atoms with E-state index in [0.717, 1.165) is 0 Å². The number of nitrogens with one attached hydrogen (secondary N) is 2. The molecule has 3 aromatic rings. The molecule has 11 heteroatoms. The fourth-order valence-corrected chi connectivity index (χ4v) is 4.11. The van der Waals surface area contributed by atoms with Crippen molar-refractivity contribution in [2.45, 2.75) is 4.90 Å². The number of carbonyl (C=O) groups is 1. The molecular formula is C20H17Cl2N3O5S. The second-order valence-electron chi connectivity index (χ2n) is 6.15. The molecule has 162 valence electrons. The minimum absolute atomic E-state index is 0.0700. The highest BCUT2D eigenvalue weighted by Crippen LogP contribution is 2.30. The molecule has 31 heavy (non-hydrogen) atoms. The summed E-state index contributed by atoms with van der Waals surface area (Å²) in [4.78, 5) is 16.1. The molecule has 1 heterocycles. The Morgan fingerprint density at radius 2 is 1.65 bits per heavy atom. The maximum absolute atomic E-state index is 12.9. The van der Waals surface area contributed by atoms with Gasteiger partial charge in [0, 0.05) is 17.6 Å². The third kappa shape index (κ3) is 5.38. The molecule has 0 aliphatic rings. The van der Waals surface area contributed by atoms with Gasteiger partial charge in [0.25, 0.3) is 15.9 Å². The zero-order chi connectivity index (χ0) is 22.6. The molecule has 0 saturated carbocycles. The van der Waals surface area contributed by atoms with Gasteiger partial charge in [0.05, 0.1) is 24.8 Å². The predicted molar refractivity (Wildman–Crippen MR) is 119 cm³/mol. The van der Waals surface area contributed by atoms with Crippen molar-refractivity contribution < 1.29 is 22.7 Å². The van der Waals surface area contributed by atoms with Crippen molar-refractivity contribution in [1.82, 2.24) is 4.98 Å². The largest absolute Gasteiger partial charge is 0.497 e. The van der Waals surface area contributed by atoms with Crippen LogP contribution >= 0.6 is 23.2 Å². The lowest BCUT2D eigenvalue weighted by molar-refractivity contribution is 0.102. The van der Waals surface area contributed by atoms with Crippen LogP contribution in [0.5, 0.6) is 11.5 Å². The Labute approximate surface area is 189 Å². The van der Waals surface area contributed by atoms with Crippen molar-refractivity contribution >= 4 is 50.5 Å². The Bertz CT molecular complexity index is 1220. The van der Waals surface area contributed by atoms with E-state index in [1.165, 1.54) is 44.7 Å². The smallest absolute Gasteiger partial charge is 0.265 e. The van der Waals surface area contributed by atoms with Gasteiger partial charge in [-0.1, -0.05) is 23.2 Å². The van der Waals surface area contributed by atoms with Gasteiger partial charge in [0.15, 0.2) is 0 Å². The van der Waals surface area contributed by atoms with E-state index in [1.54, 1.807) is 24.3 Å². The third-order valence-corrected chi connectivity index (χ3v) is 6.20. The molecular weight excluding hydrogens is 465 g/mol. The lowest BCUT2D eigenvalue weighted by Gasteiger charge is -2.14. The number of hydrogen-bond acceptors (Lipinski definition) is 6. The summed E-state index contributed by atoms with van der Waals surface area (Å²) in [5, 5.41) is 2.79. The Balaban J connectivity index is 1.88. The van der Waals surface area contributed by atoms with Crippen LogP contribution in [0.15, 0.2) is 59.6 Å². The van der Waals surface area contributed by atoms with E-state index >= 15 is 0 Å². The van der Waals surface area contributed by atoms with Crippen LogP contribution in [0.1, 0.15) is 10.4 Å². The van der Waals surface area contributed by atoms with Gasteiger partial charge in [0.1, 0.15) is 21.5 Å². The lowest BCUT2D eigenvalue weighted by Crippen LogP contribution is -2.16. The number of pyridine rings is 1. The first-order chi connectivity index (χ1) is 14.7. The van der Waals surface area contributed by atoms with Gasteiger partial charge in [0.2, 0.25) is 0 Å². The van der Waals surface area contributed by atoms with E-state index in [1.807, 2.05) is 0 Å². The van der Waals surface area contributed by atoms with E-state index in [2.05, 4.69) is 15.0 Å². The Morgan fingerprint density at radius 3 is 2.26 bits per heavy atom. The maximum atomic E-state index is 12.9. The minimum Gasteiger partial charge on any atom is -0.497 e. The van der Waals surface area contributed by atoms with Crippen molar-refractivity contribution in [3.05, 3.63) is 70.5 Å². The first-order valence-electron chi connectivity index (χ1n) is 8.71. The number of sulfonamides is 1. The number of methoxy groups -OCH3 is 2. The molecule has 0 aliphatic carbocycles. The van der Waals surface area contributed by atoms with Crippen LogP contribution in [0.2, 0.25) is 10.2 Å². The number of ether oxygens (including phenoxy) is 2. The van der Waals surface area contributed by atoms with Crippen molar-refractivity contribution in [1.29, 1.82) is 0 Å². The molecule has 0 atom stereocenters. The Hall–Kier alpha value is -3.01. The first-order valence-corrected chi connectivity index (χ1v) is 10.9. The van der Waals surface area contributed by atoms with Crippen LogP contribution in [0.25, 0.3) is 0 Å². The molecule has 0 radical (unpaired) electrons. The fraction of sp³-hybridized carbons (Fsp3) is 0.100. The quantitative estimate of drug-likeness (QED) is 0.482. The molecule has 0 unspecified atom stereocenters. The summed E-state index contributed by atoms with van der Waals surface area (Å²) in [6.07, 6.45) is 1.26. The monoisotopic (exact) mass is 481 g/mol. The van der Waals surface area contributed by atoms with Gasteiger partial charge >= 0.3 is 0 Å². The molecule has 0 aliphatic heterocycles. The van der Waals surface area contributed by atoms with Gasteiger partial charge in [-0.3, -0.25) is 9.52 Å². The number of benzene rings is 2. The molecule has 0 bridgehead atoms. The number of nitrogens with zero attached hydrogens (tertiary/aromatic N) is 1. The Kier molecular flexibility index (Phi) is 6.89. The molecule has 2 aromatic carbocycles. The summed E-state index contributed by atoms with van der Waals surface area (Å²) >= 11 is 11.7. The summed E-state index contributed by atoms with van der Waals surface area (Å²) in [5.41, 5.74) is 0.720. The van der Waals surface area contributed by atoms with E-state index in [9.17, 15) is 13.2 Å². The highest BCUT2D eigenvalue weighted by atomic mass is 35.5. The standard InChI is InChI=1S/C20H17Cl2N3O5S/c1-29-15-6-3-13(4-7-15)25-31(27,28)18-10-14(5-8-17(18)30-2)24-20(26)12-9-16(21)19(22)23-11-12/h3-11,25H,1-2H3,(H,24,26). The predicted octanol–water partition coefficient (Wildman–Crippen LogP) is 4.46. The minimum atomic E-state index is -4.03. The number of amides is 1. The summed E-state index contributed by atoms with van der Waals surface area (Å²) < 4.78 is 38.6. The summed E-state index contributed by atoms with van der Waals surface area (Å²) in [6, 6.07) is 12.0. The SMILES string of the molecule is COc1ccc(NS(=O)(=O)c2cc(NC(=O)c3cnc(Cl)c(Cl)c3)ccc2OC)cc1. The lowest BCUT2D eigenvalue weighted by atomic mass is 10.2. The molecule has 3 rings (SSSR count). The van der Waals surface area contributed by atoms with E-state index in [4.69, 9.17) is 32.7 Å². The van der Waals surface area contributed by atoms with Gasteiger partial charge in [-0.05, 0) is 48.5 Å². The van der Waals surface area contributed by atoms with Gasteiger partial charge in [-0.25, -0.2) is 13.4 Å². The second-order valence-corrected chi connectivity index (χ2v) is 8.57. The normalized spacial score (nSPS) is 11.0. The molecule has 2 N–H and O–H groups in total. The second kappa shape index (κ2) is 9.42. The van der Waals surface area contributed by atoms with Crippen LogP contribution in [0, 0.1) is 0 Å². The zero-order valence-corrected chi connectivity index (χ0v) is 18.7. The highest BCUT2D eigenvalue weighted by molar-refractivity contribution is 7.92. The molecule has 1 aromatic heterocycles. The highest BCUT2D eigenvalue weighted by Gasteiger charge is 2.21. The molecule has 8 nitrogen and oxygen atoms in total. The van der Waals surface area contributed by atoms with Gasteiger partial charge in [-0.2, -0.15) is 0 Å². The van der Waals surface area contributed by atoms with Crippen molar-refractivity contribution in [2.24, 2.45) is 0 Å². The molecule has 0 fully saturated rings. The van der Waals surface area contributed by atoms with Crippen molar-refractivity contribution in [3.8, 4) is 11.5 Å². The topological polar surface area (TPSA) is 107 Å². The number of hydrogen-bond donors (Lipinski definition) is 2. The van der Waals surface area contributed by atoms with Crippen LogP contribution < -0.4 is 19.5 Å². The number of aromatic nitrogens is 1. The van der Waals surface area contributed by atoms with E-state index < -0.39 is 15.9 Å². The average molecular weight is 482 g/mol. The molecule has 0 saturated heterocycles. The molecule has 1 amide bonds. The summed E-state index contributed by atoms with van der Waals surface area (Å²) in [7, 11) is -1.17. The van der Waals surface area contributed by atoms with Gasteiger partial charge < -0.3 is 14.8 Å². The fourth-order valence-electron chi connectivity index (χ4n) is 2.58. The number of anilines is 2. The number of rotatable bonds is 7. The van der Waals surface area contributed by atoms with Crippen molar-refractivity contribution in [3.63, 3.8) is 0 Å². The zero-order valence-electron chi connectivity index (χ0n) is 16.3. The number of carbonyl (C=O) groups excluding carboxylic acids is 1. The number of halogens is 2. The average Bonchev–Trinajstić information content (AvgIpc) is 2.76. The Morgan fingerprint density at radius 1 is 0.968 bits per heavy atom. The first kappa shape index (κ1) is 22.7. The summed E-state index contributed by atoms with van der Waals surface area (Å²) in [6.45, 7) is 0. The van der Waals surface area contributed by atoms with Crippen molar-refractivity contribution in [2.75, 3.05) is 24.3 Å². The van der Waals surface area contributed by atoms with Gasteiger partial charge in [-0.15, -0.1) is 0 Å². The summed E-state index contributed by atoms with van der Waals surface area (Å²) in [5.74, 6) is 0.153. The third-order valence-electron chi connectivity index (χ3n) is 4.11. The maximum Gasteiger partial charge on any atom is 0.265 e. The van der Waals surface area contributed by atoms with Crippen LogP contribution in [0.3, 0.4) is 0 Å². The van der Waals surface area contributed by atoms with Crippen LogP contribution in [-0.4, -0.2) is 33.5 Å². The molecule has 0 spiro atoms.